The fourth-order valence-corrected chi connectivity index (χ4v) is 7.10. The van der Waals surface area contributed by atoms with Crippen LogP contribution in [0.2, 0.25) is 0 Å². The van der Waals surface area contributed by atoms with E-state index in [1.165, 1.54) is 16.7 Å². The largest absolute Gasteiger partial charge is 0.465 e. The van der Waals surface area contributed by atoms with Gasteiger partial charge in [-0.25, -0.2) is 19.0 Å². The second kappa shape index (κ2) is 13.1. The van der Waals surface area contributed by atoms with Gasteiger partial charge in [0.1, 0.15) is 21.8 Å². The molecule has 46 heavy (non-hydrogen) atoms. The maximum Gasteiger partial charge on any atom is 0.404 e. The summed E-state index contributed by atoms with van der Waals surface area (Å²) in [4.78, 5) is 57.8. The highest BCUT2D eigenvalue weighted by Crippen LogP contribution is 2.51. The SMILES string of the molecule is Cc1cc(Oc2ccccc2)ccc1N1C(=O)NC2c3c1ccnc3SC2C(=O)NC1CCCN(C(=O)C(F)=CCNC(=O)O)C1. The van der Waals surface area contributed by atoms with E-state index in [0.29, 0.717) is 47.3 Å². The first-order valence-corrected chi connectivity index (χ1v) is 15.6. The summed E-state index contributed by atoms with van der Waals surface area (Å²) >= 11 is 1.26. The van der Waals surface area contributed by atoms with Gasteiger partial charge in [-0.15, -0.1) is 0 Å². The lowest BCUT2D eigenvalue weighted by atomic mass is 9.98. The highest BCUT2D eigenvalue weighted by Gasteiger charge is 2.47. The topological polar surface area (TPSA) is 153 Å². The molecule has 4 N–H and O–H groups in total. The molecule has 3 aliphatic heterocycles. The number of nitrogens with zero attached hydrogens (tertiary/aromatic N) is 3. The van der Waals surface area contributed by atoms with Gasteiger partial charge in [-0.05, 0) is 67.8 Å². The zero-order chi connectivity index (χ0) is 32.4. The Kier molecular flexibility index (Phi) is 8.79. The Labute approximate surface area is 268 Å². The molecule has 6 rings (SSSR count). The summed E-state index contributed by atoms with van der Waals surface area (Å²) < 4.78 is 20.3. The second-order valence-corrected chi connectivity index (χ2v) is 12.2. The maximum atomic E-state index is 14.4. The van der Waals surface area contributed by atoms with Gasteiger partial charge in [0.15, 0.2) is 5.83 Å². The number of carbonyl (C=O) groups is 4. The highest BCUT2D eigenvalue weighted by molar-refractivity contribution is 8.01. The minimum Gasteiger partial charge on any atom is -0.465 e. The van der Waals surface area contributed by atoms with Crippen LogP contribution < -0.4 is 25.6 Å². The number of halogens is 1. The highest BCUT2D eigenvalue weighted by atomic mass is 32.2. The van der Waals surface area contributed by atoms with E-state index in [4.69, 9.17) is 9.84 Å². The van der Waals surface area contributed by atoms with Crippen LogP contribution in [0.4, 0.5) is 25.4 Å². The fourth-order valence-electron chi connectivity index (χ4n) is 5.86. The van der Waals surface area contributed by atoms with E-state index in [-0.39, 0.29) is 25.0 Å². The lowest BCUT2D eigenvalue weighted by Gasteiger charge is -2.36. The number of ether oxygens (including phenoxy) is 1. The van der Waals surface area contributed by atoms with Crippen molar-refractivity contribution in [3.63, 3.8) is 0 Å². The number of thioether (sulfide) groups is 1. The third-order valence-electron chi connectivity index (χ3n) is 7.95. The standard InChI is InChI=1S/C32H31FN6O6S/c1-18-16-21(45-20-7-3-2-4-8-20)9-10-23(18)39-24-12-14-34-29-25(24)26(37-31(39)42)27(46-29)28(40)36-19-6-5-15-38(17-19)30(41)22(33)11-13-35-32(43)44/h2-4,7-12,14,16,19,26-27,35H,5-6,13,15,17H2,1H3,(H,36,40)(H,37,42)(H,43,44). The van der Waals surface area contributed by atoms with Gasteiger partial charge in [-0.2, -0.15) is 0 Å². The number of benzene rings is 2. The van der Waals surface area contributed by atoms with Crippen molar-refractivity contribution < 1.29 is 33.4 Å². The van der Waals surface area contributed by atoms with Crippen LogP contribution >= 0.6 is 11.8 Å². The van der Waals surface area contributed by atoms with E-state index in [2.05, 4.69) is 15.6 Å². The Balaban J connectivity index is 1.15. The molecule has 14 heteroatoms. The molecule has 3 aliphatic rings. The number of piperidine rings is 1. The fraction of sp³-hybridized carbons (Fsp3) is 0.281. The molecule has 3 aromatic rings. The number of para-hydroxylation sites is 1. The van der Waals surface area contributed by atoms with Crippen LogP contribution in [-0.4, -0.2) is 69.9 Å². The number of aryl methyl sites for hydroxylation is 1. The minimum absolute atomic E-state index is 0.0973. The first-order valence-electron chi connectivity index (χ1n) is 14.7. The number of urea groups is 1. The monoisotopic (exact) mass is 646 g/mol. The molecule has 0 bridgehead atoms. The average molecular weight is 647 g/mol. The normalized spacial score (nSPS) is 20.4. The molecule has 12 nitrogen and oxygen atoms in total. The van der Waals surface area contributed by atoms with Crippen molar-refractivity contribution in [3.05, 3.63) is 83.8 Å². The van der Waals surface area contributed by atoms with Crippen LogP contribution in [-0.2, 0) is 9.59 Å². The number of amides is 5. The smallest absolute Gasteiger partial charge is 0.404 e. The van der Waals surface area contributed by atoms with Crippen LogP contribution in [0.25, 0.3) is 0 Å². The molecular formula is C32H31FN6O6S. The molecule has 5 amide bonds. The number of rotatable bonds is 8. The number of carboxylic acid groups (broad SMARTS) is 1. The second-order valence-electron chi connectivity index (χ2n) is 11.1. The average Bonchev–Trinajstić information content (AvgIpc) is 3.41. The molecule has 0 spiro atoms. The third kappa shape index (κ3) is 6.33. The number of hydrogen-bond donors (Lipinski definition) is 4. The number of hydrogen-bond acceptors (Lipinski definition) is 7. The summed E-state index contributed by atoms with van der Waals surface area (Å²) in [7, 11) is 0. The molecule has 1 saturated heterocycles. The molecule has 238 valence electrons. The zero-order valence-electron chi connectivity index (χ0n) is 24.7. The Morgan fingerprint density at radius 3 is 2.72 bits per heavy atom. The van der Waals surface area contributed by atoms with Crippen LogP contribution in [0.15, 0.2) is 77.7 Å². The lowest BCUT2D eigenvalue weighted by Crippen LogP contribution is -2.53. The summed E-state index contributed by atoms with van der Waals surface area (Å²) in [5.41, 5.74) is 2.86. The summed E-state index contributed by atoms with van der Waals surface area (Å²) in [6.07, 6.45) is 2.30. The van der Waals surface area contributed by atoms with Crippen LogP contribution in [0, 0.1) is 6.92 Å². The number of nitrogens with one attached hydrogen (secondary N) is 3. The predicted octanol–water partition coefficient (Wildman–Crippen LogP) is 4.79. The zero-order valence-corrected chi connectivity index (χ0v) is 25.6. The van der Waals surface area contributed by atoms with Crippen molar-refractivity contribution in [2.75, 3.05) is 24.5 Å². The van der Waals surface area contributed by atoms with Crippen molar-refractivity contribution in [2.24, 2.45) is 0 Å². The molecule has 1 aromatic heterocycles. The first-order chi connectivity index (χ1) is 22.2. The summed E-state index contributed by atoms with van der Waals surface area (Å²) in [6.45, 7) is 1.96. The van der Waals surface area contributed by atoms with Crippen molar-refractivity contribution in [2.45, 2.75) is 42.1 Å². The van der Waals surface area contributed by atoms with Crippen molar-refractivity contribution >= 4 is 47.1 Å². The van der Waals surface area contributed by atoms with Crippen molar-refractivity contribution in [3.8, 4) is 11.5 Å². The predicted molar refractivity (Wildman–Crippen MR) is 168 cm³/mol. The molecule has 2 aromatic carbocycles. The van der Waals surface area contributed by atoms with Gasteiger partial charge in [-0.3, -0.25) is 14.5 Å². The quantitative estimate of drug-likeness (QED) is 0.255. The van der Waals surface area contributed by atoms with E-state index in [1.807, 2.05) is 54.7 Å². The van der Waals surface area contributed by atoms with Crippen molar-refractivity contribution in [1.29, 1.82) is 0 Å². The van der Waals surface area contributed by atoms with Crippen LogP contribution in [0.1, 0.15) is 30.0 Å². The summed E-state index contributed by atoms with van der Waals surface area (Å²) in [5.74, 6) is -0.927. The van der Waals surface area contributed by atoms with Gasteiger partial charge in [0.05, 0.1) is 17.4 Å². The van der Waals surface area contributed by atoms with Crippen LogP contribution in [0.5, 0.6) is 11.5 Å². The van der Waals surface area contributed by atoms with E-state index in [1.54, 1.807) is 23.2 Å². The van der Waals surface area contributed by atoms with E-state index in [9.17, 15) is 23.6 Å². The Bertz CT molecular complexity index is 1720. The van der Waals surface area contributed by atoms with E-state index < -0.39 is 35.2 Å². The summed E-state index contributed by atoms with van der Waals surface area (Å²) in [5, 5.41) is 16.5. The van der Waals surface area contributed by atoms with Gasteiger partial charge in [0, 0.05) is 37.4 Å². The van der Waals surface area contributed by atoms with Crippen molar-refractivity contribution in [1.82, 2.24) is 25.8 Å². The molecule has 0 radical (unpaired) electrons. The summed E-state index contributed by atoms with van der Waals surface area (Å²) in [6, 6.07) is 15.2. The Morgan fingerprint density at radius 1 is 1.15 bits per heavy atom. The number of likely N-dealkylation sites (tertiary alicyclic amines) is 1. The number of aromatic nitrogens is 1. The Morgan fingerprint density at radius 2 is 1.96 bits per heavy atom. The molecule has 0 saturated carbocycles. The molecule has 3 unspecified atom stereocenters. The lowest BCUT2D eigenvalue weighted by molar-refractivity contribution is -0.131. The molecule has 3 atom stereocenters. The Hall–Kier alpha value is -5.11. The molecule has 4 heterocycles. The number of carbonyl (C=O) groups excluding carboxylic acids is 3. The maximum absolute atomic E-state index is 14.4. The number of pyridine rings is 1. The van der Waals surface area contributed by atoms with Gasteiger partial charge in [-0.1, -0.05) is 30.0 Å². The minimum atomic E-state index is -1.33. The van der Waals surface area contributed by atoms with Gasteiger partial charge >= 0.3 is 12.1 Å². The molecule has 0 aliphatic carbocycles. The number of anilines is 2. The molecular weight excluding hydrogens is 615 g/mol. The van der Waals surface area contributed by atoms with Gasteiger partial charge in [0.2, 0.25) is 5.91 Å². The van der Waals surface area contributed by atoms with Gasteiger partial charge < -0.3 is 30.7 Å². The van der Waals surface area contributed by atoms with E-state index >= 15 is 0 Å². The first kappa shape index (κ1) is 30.9. The van der Waals surface area contributed by atoms with E-state index in [0.717, 1.165) is 17.2 Å². The van der Waals surface area contributed by atoms with Crippen LogP contribution in [0.3, 0.4) is 0 Å². The van der Waals surface area contributed by atoms with Gasteiger partial charge in [0.25, 0.3) is 5.91 Å². The third-order valence-corrected chi connectivity index (χ3v) is 9.23. The molecule has 1 fully saturated rings.